The highest BCUT2D eigenvalue weighted by atomic mass is 32.2. The molecule has 134 valence electrons. The van der Waals surface area contributed by atoms with Gasteiger partial charge < -0.3 is 9.64 Å². The number of morpholine rings is 1. The quantitative estimate of drug-likeness (QED) is 0.811. The highest BCUT2D eigenvalue weighted by molar-refractivity contribution is 7.89. The van der Waals surface area contributed by atoms with Crippen LogP contribution in [0, 0.1) is 0 Å². The van der Waals surface area contributed by atoms with Gasteiger partial charge in [-0.05, 0) is 38.1 Å². The van der Waals surface area contributed by atoms with Gasteiger partial charge in [0.15, 0.2) is 0 Å². The number of ether oxygens (including phenoxy) is 1. The lowest BCUT2D eigenvalue weighted by molar-refractivity contribution is -0.0370. The van der Waals surface area contributed by atoms with Crippen LogP contribution in [0.25, 0.3) is 0 Å². The average molecular weight is 354 g/mol. The van der Waals surface area contributed by atoms with E-state index < -0.39 is 10.0 Å². The number of amides is 1. The van der Waals surface area contributed by atoms with Crippen LogP contribution in [0.15, 0.2) is 29.2 Å². The summed E-state index contributed by atoms with van der Waals surface area (Å²) in [5.41, 5.74) is 0.116. The zero-order valence-corrected chi connectivity index (χ0v) is 15.6. The van der Waals surface area contributed by atoms with Gasteiger partial charge in [-0.3, -0.25) is 4.79 Å². The van der Waals surface area contributed by atoms with Crippen LogP contribution in [0.3, 0.4) is 0 Å². The SMILES string of the molecule is CCN(CC)S(=O)(=O)c1ccc(C(=O)N2CCOCC2(C)C)cc1. The van der Waals surface area contributed by atoms with Crippen LogP contribution in [0.2, 0.25) is 0 Å². The van der Waals surface area contributed by atoms with Crippen LogP contribution >= 0.6 is 0 Å². The fourth-order valence-electron chi connectivity index (χ4n) is 2.87. The van der Waals surface area contributed by atoms with Crippen LogP contribution in [-0.2, 0) is 14.8 Å². The zero-order chi connectivity index (χ0) is 18.0. The van der Waals surface area contributed by atoms with Gasteiger partial charge >= 0.3 is 0 Å². The van der Waals surface area contributed by atoms with E-state index in [2.05, 4.69) is 0 Å². The molecule has 0 saturated carbocycles. The Labute approximate surface area is 144 Å². The molecule has 1 aliphatic rings. The first kappa shape index (κ1) is 18.9. The predicted octanol–water partition coefficient (Wildman–Crippen LogP) is 1.97. The maximum absolute atomic E-state index is 12.7. The first-order chi connectivity index (χ1) is 11.2. The Morgan fingerprint density at radius 2 is 1.79 bits per heavy atom. The average Bonchev–Trinajstić information content (AvgIpc) is 2.55. The van der Waals surface area contributed by atoms with E-state index in [0.29, 0.717) is 38.4 Å². The van der Waals surface area contributed by atoms with E-state index in [0.717, 1.165) is 0 Å². The summed E-state index contributed by atoms with van der Waals surface area (Å²) < 4.78 is 31.8. The van der Waals surface area contributed by atoms with Crippen molar-refractivity contribution in [2.45, 2.75) is 38.1 Å². The first-order valence-electron chi connectivity index (χ1n) is 8.24. The van der Waals surface area contributed by atoms with Crippen LogP contribution in [0.1, 0.15) is 38.1 Å². The molecule has 1 heterocycles. The number of nitrogens with zero attached hydrogens (tertiary/aromatic N) is 2. The Morgan fingerprint density at radius 3 is 2.29 bits per heavy atom. The van der Waals surface area contributed by atoms with Crippen molar-refractivity contribution >= 4 is 15.9 Å². The van der Waals surface area contributed by atoms with Crippen molar-refractivity contribution in [1.82, 2.24) is 9.21 Å². The molecule has 1 amide bonds. The fourth-order valence-corrected chi connectivity index (χ4v) is 4.33. The molecule has 0 radical (unpaired) electrons. The number of hydrogen-bond acceptors (Lipinski definition) is 4. The molecule has 0 atom stereocenters. The maximum atomic E-state index is 12.7. The van der Waals surface area contributed by atoms with E-state index in [4.69, 9.17) is 4.74 Å². The van der Waals surface area contributed by atoms with E-state index >= 15 is 0 Å². The Morgan fingerprint density at radius 1 is 1.21 bits per heavy atom. The molecule has 6 nitrogen and oxygen atoms in total. The van der Waals surface area contributed by atoms with Crippen molar-refractivity contribution in [3.8, 4) is 0 Å². The van der Waals surface area contributed by atoms with E-state index in [1.165, 1.54) is 16.4 Å². The Hall–Kier alpha value is -1.44. The smallest absolute Gasteiger partial charge is 0.254 e. The normalized spacial score (nSPS) is 18.0. The molecule has 0 N–H and O–H groups in total. The standard InChI is InChI=1S/C17H26N2O4S/c1-5-18(6-2)24(21,22)15-9-7-14(8-10-15)16(20)19-11-12-23-13-17(19,3)4/h7-10H,5-6,11-13H2,1-4H3. The molecule has 1 aromatic rings. The van der Waals surface area contributed by atoms with Crippen molar-refractivity contribution in [1.29, 1.82) is 0 Å². The largest absolute Gasteiger partial charge is 0.377 e. The number of benzene rings is 1. The Bertz CT molecular complexity index is 679. The van der Waals surface area contributed by atoms with Crippen LogP contribution in [-0.4, -0.2) is 61.9 Å². The highest BCUT2D eigenvalue weighted by Crippen LogP contribution is 2.23. The summed E-state index contributed by atoms with van der Waals surface area (Å²) in [6.07, 6.45) is 0. The number of sulfonamides is 1. The second-order valence-electron chi connectivity index (χ2n) is 6.44. The van der Waals surface area contributed by atoms with Gasteiger partial charge in [-0.2, -0.15) is 4.31 Å². The molecule has 24 heavy (non-hydrogen) atoms. The van der Waals surface area contributed by atoms with E-state index in [1.54, 1.807) is 30.9 Å². The molecular weight excluding hydrogens is 328 g/mol. The molecule has 0 unspecified atom stereocenters. The highest BCUT2D eigenvalue weighted by Gasteiger charge is 2.34. The molecule has 0 aliphatic carbocycles. The van der Waals surface area contributed by atoms with Crippen molar-refractivity contribution in [2.24, 2.45) is 0 Å². The van der Waals surface area contributed by atoms with Gasteiger partial charge in [-0.15, -0.1) is 0 Å². The van der Waals surface area contributed by atoms with E-state index in [1.807, 2.05) is 13.8 Å². The molecule has 1 saturated heterocycles. The third kappa shape index (κ3) is 3.63. The predicted molar refractivity (Wildman–Crippen MR) is 92.5 cm³/mol. The lowest BCUT2D eigenvalue weighted by atomic mass is 10.0. The minimum atomic E-state index is -3.50. The van der Waals surface area contributed by atoms with E-state index in [-0.39, 0.29) is 16.3 Å². The number of rotatable bonds is 5. The molecule has 2 rings (SSSR count). The number of carbonyl (C=O) groups is 1. The summed E-state index contributed by atoms with van der Waals surface area (Å²) in [5.74, 6) is -0.102. The van der Waals surface area contributed by atoms with Gasteiger partial charge in [-0.1, -0.05) is 13.8 Å². The monoisotopic (exact) mass is 354 g/mol. The maximum Gasteiger partial charge on any atom is 0.254 e. The van der Waals surface area contributed by atoms with Gasteiger partial charge in [0.1, 0.15) is 0 Å². The van der Waals surface area contributed by atoms with Crippen molar-refractivity contribution < 1.29 is 17.9 Å². The van der Waals surface area contributed by atoms with Gasteiger partial charge in [-0.25, -0.2) is 8.42 Å². The Balaban J connectivity index is 2.25. The minimum absolute atomic E-state index is 0.102. The van der Waals surface area contributed by atoms with Crippen LogP contribution in [0.5, 0.6) is 0 Å². The molecule has 0 bridgehead atoms. The lowest BCUT2D eigenvalue weighted by Crippen LogP contribution is -2.55. The van der Waals surface area contributed by atoms with Gasteiger partial charge in [0.25, 0.3) is 5.91 Å². The second-order valence-corrected chi connectivity index (χ2v) is 8.37. The molecule has 1 aliphatic heterocycles. The molecule has 1 fully saturated rings. The minimum Gasteiger partial charge on any atom is -0.377 e. The summed E-state index contributed by atoms with van der Waals surface area (Å²) in [6.45, 7) is 9.91. The number of carbonyl (C=O) groups excluding carboxylic acids is 1. The molecule has 0 aromatic heterocycles. The molecule has 0 spiro atoms. The van der Waals surface area contributed by atoms with Gasteiger partial charge in [0.2, 0.25) is 10.0 Å². The molecule has 7 heteroatoms. The van der Waals surface area contributed by atoms with Crippen LogP contribution < -0.4 is 0 Å². The fraction of sp³-hybridized carbons (Fsp3) is 0.588. The summed E-state index contributed by atoms with van der Waals surface area (Å²) in [6, 6.07) is 6.19. The first-order valence-corrected chi connectivity index (χ1v) is 9.68. The van der Waals surface area contributed by atoms with Crippen molar-refractivity contribution in [3.63, 3.8) is 0 Å². The summed E-state index contributed by atoms with van der Waals surface area (Å²) >= 11 is 0. The second kappa shape index (κ2) is 7.21. The van der Waals surface area contributed by atoms with Gasteiger partial charge in [0, 0.05) is 25.2 Å². The van der Waals surface area contributed by atoms with Crippen molar-refractivity contribution in [2.75, 3.05) is 32.8 Å². The third-order valence-electron chi connectivity index (χ3n) is 4.33. The molecule has 1 aromatic carbocycles. The Kier molecular flexibility index (Phi) is 5.67. The van der Waals surface area contributed by atoms with Gasteiger partial charge in [0.05, 0.1) is 23.6 Å². The third-order valence-corrected chi connectivity index (χ3v) is 6.40. The topological polar surface area (TPSA) is 66.9 Å². The summed E-state index contributed by atoms with van der Waals surface area (Å²) in [4.78, 5) is 14.7. The lowest BCUT2D eigenvalue weighted by Gasteiger charge is -2.42. The zero-order valence-electron chi connectivity index (χ0n) is 14.8. The van der Waals surface area contributed by atoms with Crippen molar-refractivity contribution in [3.05, 3.63) is 29.8 Å². The summed E-state index contributed by atoms with van der Waals surface area (Å²) in [5, 5.41) is 0. The van der Waals surface area contributed by atoms with Crippen LogP contribution in [0.4, 0.5) is 0 Å². The van der Waals surface area contributed by atoms with E-state index in [9.17, 15) is 13.2 Å². The summed E-state index contributed by atoms with van der Waals surface area (Å²) in [7, 11) is -3.50. The number of hydrogen-bond donors (Lipinski definition) is 0. The molecular formula is C17H26N2O4S.